The summed E-state index contributed by atoms with van der Waals surface area (Å²) >= 11 is 0. The molecule has 2 aromatic carbocycles. The minimum Gasteiger partial charge on any atom is -0.490 e. The average Bonchev–Trinajstić information content (AvgIpc) is 2.96. The third kappa shape index (κ3) is 3.87. The first kappa shape index (κ1) is 19.9. The summed E-state index contributed by atoms with van der Waals surface area (Å²) in [5.74, 6) is 1.36. The lowest BCUT2D eigenvalue weighted by atomic mass is 9.77. The summed E-state index contributed by atoms with van der Waals surface area (Å²) in [7, 11) is 0. The van der Waals surface area contributed by atoms with Crippen LogP contribution in [0, 0.1) is 0 Å². The van der Waals surface area contributed by atoms with Gasteiger partial charge < -0.3 is 19.7 Å². The maximum atomic E-state index is 13.2. The van der Waals surface area contributed by atoms with Crippen LogP contribution in [0.4, 0.5) is 5.69 Å². The summed E-state index contributed by atoms with van der Waals surface area (Å²) < 4.78 is 11.4. The van der Waals surface area contributed by atoms with Gasteiger partial charge in [0, 0.05) is 30.3 Å². The number of benzene rings is 2. The van der Waals surface area contributed by atoms with Crippen LogP contribution >= 0.6 is 0 Å². The van der Waals surface area contributed by atoms with E-state index in [1.54, 1.807) is 0 Å². The first-order valence-electron chi connectivity index (χ1n) is 11.2. The molecule has 31 heavy (non-hydrogen) atoms. The molecule has 0 unspecified atom stereocenters. The van der Waals surface area contributed by atoms with E-state index >= 15 is 0 Å². The number of fused-ring (bicyclic) bond motifs is 2. The van der Waals surface area contributed by atoms with Crippen LogP contribution in [0.3, 0.4) is 0 Å². The Balaban J connectivity index is 1.34. The van der Waals surface area contributed by atoms with Crippen molar-refractivity contribution in [3.05, 3.63) is 53.6 Å². The Hall–Kier alpha value is -3.02. The lowest BCUT2D eigenvalue weighted by molar-refractivity contribution is -0.119. The van der Waals surface area contributed by atoms with Gasteiger partial charge in [-0.1, -0.05) is 37.5 Å². The standard InChI is InChI=1S/C25H28N2O4/c28-23(26-19-9-10-21-22(15-19)31-14-6-13-30-21)16-25(11-4-1-5-12-25)27-17-18-7-2-3-8-20(18)24(27)29/h2-3,7-10,15H,1,4-6,11-14,16-17H2,(H,26,28). The Kier molecular flexibility index (Phi) is 5.30. The third-order valence-corrected chi connectivity index (χ3v) is 6.70. The van der Waals surface area contributed by atoms with E-state index in [1.165, 1.54) is 0 Å². The molecule has 0 radical (unpaired) electrons. The molecule has 1 saturated carbocycles. The van der Waals surface area contributed by atoms with Gasteiger partial charge in [-0.25, -0.2) is 0 Å². The molecule has 0 spiro atoms. The van der Waals surface area contributed by atoms with Crippen molar-refractivity contribution < 1.29 is 19.1 Å². The van der Waals surface area contributed by atoms with Crippen molar-refractivity contribution >= 4 is 17.5 Å². The van der Waals surface area contributed by atoms with Crippen LogP contribution in [0.15, 0.2) is 42.5 Å². The average molecular weight is 421 g/mol. The van der Waals surface area contributed by atoms with E-state index in [0.717, 1.165) is 49.7 Å². The van der Waals surface area contributed by atoms with E-state index < -0.39 is 5.54 Å². The monoisotopic (exact) mass is 420 g/mol. The first-order valence-corrected chi connectivity index (χ1v) is 11.2. The van der Waals surface area contributed by atoms with Crippen molar-refractivity contribution in [3.63, 3.8) is 0 Å². The highest BCUT2D eigenvalue weighted by atomic mass is 16.5. The number of carbonyl (C=O) groups excluding carboxylic acids is 2. The second-order valence-electron chi connectivity index (χ2n) is 8.77. The minimum absolute atomic E-state index is 0.0564. The molecule has 0 aromatic heterocycles. The normalized spacial score (nSPS) is 19.5. The molecule has 0 atom stereocenters. The van der Waals surface area contributed by atoms with Crippen molar-refractivity contribution in [3.8, 4) is 11.5 Å². The SMILES string of the molecule is O=C(CC1(N2Cc3ccccc3C2=O)CCCCC1)Nc1ccc2c(c1)OCCCO2. The van der Waals surface area contributed by atoms with Gasteiger partial charge in [0.1, 0.15) is 0 Å². The van der Waals surface area contributed by atoms with Crippen LogP contribution in [-0.4, -0.2) is 35.5 Å². The Morgan fingerprint density at radius 3 is 2.55 bits per heavy atom. The molecule has 6 nitrogen and oxygen atoms in total. The summed E-state index contributed by atoms with van der Waals surface area (Å²) in [4.78, 5) is 28.3. The number of rotatable bonds is 4. The van der Waals surface area contributed by atoms with E-state index in [2.05, 4.69) is 5.32 Å². The zero-order valence-corrected chi connectivity index (χ0v) is 17.7. The fraction of sp³-hybridized carbons (Fsp3) is 0.440. The smallest absolute Gasteiger partial charge is 0.254 e. The number of nitrogens with one attached hydrogen (secondary N) is 1. The van der Waals surface area contributed by atoms with Gasteiger partial charge in [0.05, 0.1) is 25.2 Å². The Labute approximate surface area is 182 Å². The van der Waals surface area contributed by atoms with Gasteiger partial charge in [-0.3, -0.25) is 9.59 Å². The molecule has 0 saturated heterocycles. The third-order valence-electron chi connectivity index (χ3n) is 6.70. The fourth-order valence-electron chi connectivity index (χ4n) is 5.13. The van der Waals surface area contributed by atoms with Crippen LogP contribution in [0.5, 0.6) is 11.5 Å². The number of nitrogens with zero attached hydrogens (tertiary/aromatic N) is 1. The summed E-state index contributed by atoms with van der Waals surface area (Å²) in [5.41, 5.74) is 2.09. The predicted octanol–water partition coefficient (Wildman–Crippen LogP) is 4.54. The van der Waals surface area contributed by atoms with Gasteiger partial charge in [0.2, 0.25) is 5.91 Å². The van der Waals surface area contributed by atoms with Gasteiger partial charge in [0.25, 0.3) is 5.91 Å². The van der Waals surface area contributed by atoms with Gasteiger partial charge in [0.15, 0.2) is 11.5 Å². The number of hydrogen-bond donors (Lipinski definition) is 1. The number of carbonyl (C=O) groups is 2. The molecule has 3 aliphatic rings. The zero-order valence-electron chi connectivity index (χ0n) is 17.7. The van der Waals surface area contributed by atoms with Crippen molar-refractivity contribution in [1.29, 1.82) is 0 Å². The molecule has 1 fully saturated rings. The van der Waals surface area contributed by atoms with Gasteiger partial charge in [-0.2, -0.15) is 0 Å². The van der Waals surface area contributed by atoms with Crippen molar-refractivity contribution in [2.75, 3.05) is 18.5 Å². The summed E-state index contributed by atoms with van der Waals surface area (Å²) in [5, 5.41) is 3.03. The first-order chi connectivity index (χ1) is 15.1. The van der Waals surface area contributed by atoms with Crippen LogP contribution < -0.4 is 14.8 Å². The highest BCUT2D eigenvalue weighted by molar-refractivity contribution is 5.99. The minimum atomic E-state index is -0.427. The molecule has 162 valence electrons. The van der Waals surface area contributed by atoms with Crippen LogP contribution in [0.2, 0.25) is 0 Å². The molecule has 0 bridgehead atoms. The summed E-state index contributed by atoms with van der Waals surface area (Å²) in [6.07, 6.45) is 6.10. The number of amides is 2. The van der Waals surface area contributed by atoms with E-state index in [9.17, 15) is 9.59 Å². The molecule has 5 rings (SSSR count). The molecule has 2 aromatic rings. The van der Waals surface area contributed by atoms with Crippen molar-refractivity contribution in [2.45, 2.75) is 57.0 Å². The quantitative estimate of drug-likeness (QED) is 0.789. The van der Waals surface area contributed by atoms with Gasteiger partial charge >= 0.3 is 0 Å². The summed E-state index contributed by atoms with van der Waals surface area (Å²) in [6.45, 7) is 1.82. The lowest BCUT2D eigenvalue weighted by Crippen LogP contribution is -2.52. The molecular weight excluding hydrogens is 392 g/mol. The van der Waals surface area contributed by atoms with E-state index in [1.807, 2.05) is 47.4 Å². The second-order valence-corrected chi connectivity index (χ2v) is 8.77. The Bertz CT molecular complexity index is 997. The van der Waals surface area contributed by atoms with Crippen molar-refractivity contribution in [2.24, 2.45) is 0 Å². The molecule has 2 heterocycles. The molecular formula is C25H28N2O4. The van der Waals surface area contributed by atoms with Crippen LogP contribution in [0.1, 0.15) is 60.9 Å². The van der Waals surface area contributed by atoms with E-state index in [4.69, 9.17) is 9.47 Å². The lowest BCUT2D eigenvalue weighted by Gasteiger charge is -2.44. The largest absolute Gasteiger partial charge is 0.490 e. The highest BCUT2D eigenvalue weighted by Gasteiger charge is 2.45. The van der Waals surface area contributed by atoms with E-state index in [-0.39, 0.29) is 11.8 Å². The maximum Gasteiger partial charge on any atom is 0.254 e. The van der Waals surface area contributed by atoms with Gasteiger partial charge in [-0.15, -0.1) is 0 Å². The zero-order chi connectivity index (χ0) is 21.3. The molecule has 1 N–H and O–H groups in total. The predicted molar refractivity (Wildman–Crippen MR) is 117 cm³/mol. The topological polar surface area (TPSA) is 67.9 Å². The number of ether oxygens (including phenoxy) is 2. The molecule has 2 aliphatic heterocycles. The second kappa shape index (κ2) is 8.25. The van der Waals surface area contributed by atoms with Crippen LogP contribution in [-0.2, 0) is 11.3 Å². The maximum absolute atomic E-state index is 13.2. The fourth-order valence-corrected chi connectivity index (χ4v) is 5.13. The number of hydrogen-bond acceptors (Lipinski definition) is 4. The van der Waals surface area contributed by atoms with E-state index in [0.29, 0.717) is 43.4 Å². The highest BCUT2D eigenvalue weighted by Crippen LogP contribution is 2.41. The molecule has 6 heteroatoms. The summed E-state index contributed by atoms with van der Waals surface area (Å²) in [6, 6.07) is 13.3. The van der Waals surface area contributed by atoms with Gasteiger partial charge in [-0.05, 0) is 36.6 Å². The number of anilines is 1. The molecule has 1 aliphatic carbocycles. The Morgan fingerprint density at radius 2 is 1.74 bits per heavy atom. The van der Waals surface area contributed by atoms with Crippen molar-refractivity contribution in [1.82, 2.24) is 4.90 Å². The van der Waals surface area contributed by atoms with Crippen LogP contribution in [0.25, 0.3) is 0 Å². The molecule has 2 amide bonds. The Morgan fingerprint density at radius 1 is 0.968 bits per heavy atom.